The molecule has 0 saturated carbocycles. The maximum Gasteiger partial charge on any atom is 0.326 e. The largest absolute Gasteiger partial charge is 0.480 e. The lowest BCUT2D eigenvalue weighted by Gasteiger charge is -2.24. The summed E-state index contributed by atoms with van der Waals surface area (Å²) in [7, 11) is 0. The van der Waals surface area contributed by atoms with Crippen molar-refractivity contribution in [2.45, 2.75) is 49.9 Å². The van der Waals surface area contributed by atoms with E-state index in [0.717, 1.165) is 10.9 Å². The highest BCUT2D eigenvalue weighted by atomic mass is 32.1. The molecule has 15 nitrogen and oxygen atoms in total. The number of nitrogens with zero attached hydrogens (tertiary/aromatic N) is 1. The average molecular weight is 578 g/mol. The summed E-state index contributed by atoms with van der Waals surface area (Å²) >= 11 is 4.14. The zero-order valence-electron chi connectivity index (χ0n) is 21.6. The Kier molecular flexibility index (Phi) is 12.2. The van der Waals surface area contributed by atoms with Gasteiger partial charge in [0, 0.05) is 35.8 Å². The number of aliphatic carboxylic acids is 1. The summed E-state index contributed by atoms with van der Waals surface area (Å²) in [5.74, 6) is -4.86. The number of aromatic amines is 1. The molecule has 0 aliphatic heterocycles. The first-order valence-corrected chi connectivity index (χ1v) is 12.9. The van der Waals surface area contributed by atoms with Crippen LogP contribution in [-0.4, -0.2) is 82.1 Å². The fourth-order valence-corrected chi connectivity index (χ4v) is 4.06. The van der Waals surface area contributed by atoms with E-state index in [9.17, 15) is 29.1 Å². The Hall–Kier alpha value is -4.31. The molecule has 1 heterocycles. The number of guanidine groups is 1. The van der Waals surface area contributed by atoms with E-state index in [1.807, 2.05) is 18.2 Å². The molecule has 218 valence electrons. The highest BCUT2D eigenvalue weighted by Crippen LogP contribution is 2.19. The maximum atomic E-state index is 13.2. The number of fused-ring (bicyclic) bond motifs is 1. The predicted octanol–water partition coefficient (Wildman–Crippen LogP) is -2.56. The second-order valence-electron chi connectivity index (χ2n) is 8.99. The minimum absolute atomic E-state index is 0.0396. The quantitative estimate of drug-likeness (QED) is 0.0434. The van der Waals surface area contributed by atoms with Crippen molar-refractivity contribution >= 4 is 59.1 Å². The van der Waals surface area contributed by atoms with Crippen LogP contribution in [0, 0.1) is 0 Å². The maximum absolute atomic E-state index is 13.2. The van der Waals surface area contributed by atoms with E-state index in [-0.39, 0.29) is 31.1 Å². The number of carboxylic acids is 1. The lowest BCUT2D eigenvalue weighted by atomic mass is 10.0. The zero-order chi connectivity index (χ0) is 29.8. The van der Waals surface area contributed by atoms with E-state index >= 15 is 0 Å². The SMILES string of the molecule is NC(=O)CC(NC(=O)C(Cc1c[nH]c2ccccc12)NC(=O)C(CS)NC(=O)C(N)CCCN=C(N)N)C(=O)O. The zero-order valence-corrected chi connectivity index (χ0v) is 22.5. The molecule has 16 heteroatoms. The Balaban J connectivity index is 2.18. The van der Waals surface area contributed by atoms with E-state index in [4.69, 9.17) is 22.9 Å². The monoisotopic (exact) mass is 577 g/mol. The Labute approximate surface area is 235 Å². The Morgan fingerprint density at radius 1 is 0.950 bits per heavy atom. The van der Waals surface area contributed by atoms with Crippen molar-refractivity contribution in [2.75, 3.05) is 12.3 Å². The van der Waals surface area contributed by atoms with Gasteiger partial charge in [-0.3, -0.25) is 24.2 Å². The van der Waals surface area contributed by atoms with Gasteiger partial charge < -0.3 is 49.0 Å². The lowest BCUT2D eigenvalue weighted by Crippen LogP contribution is -2.58. The number of hydrogen-bond acceptors (Lipinski definition) is 8. The van der Waals surface area contributed by atoms with Gasteiger partial charge in [0.2, 0.25) is 23.6 Å². The highest BCUT2D eigenvalue weighted by Gasteiger charge is 2.31. The smallest absolute Gasteiger partial charge is 0.326 e. The Bertz CT molecular complexity index is 1250. The molecule has 1 aromatic heterocycles. The van der Waals surface area contributed by atoms with E-state index in [1.165, 1.54) is 0 Å². The van der Waals surface area contributed by atoms with Gasteiger partial charge in [0.1, 0.15) is 18.1 Å². The van der Waals surface area contributed by atoms with E-state index < -0.39 is 60.2 Å². The van der Waals surface area contributed by atoms with Crippen molar-refractivity contribution in [3.8, 4) is 0 Å². The van der Waals surface area contributed by atoms with E-state index in [0.29, 0.717) is 12.0 Å². The van der Waals surface area contributed by atoms with Crippen LogP contribution in [0.5, 0.6) is 0 Å². The number of carbonyl (C=O) groups is 5. The van der Waals surface area contributed by atoms with Gasteiger partial charge in [-0.2, -0.15) is 12.6 Å². The van der Waals surface area contributed by atoms with Gasteiger partial charge in [-0.1, -0.05) is 18.2 Å². The number of rotatable bonds is 16. The molecule has 0 aliphatic carbocycles. The third kappa shape index (κ3) is 9.77. The van der Waals surface area contributed by atoms with Crippen LogP contribution < -0.4 is 38.9 Å². The lowest BCUT2D eigenvalue weighted by molar-refractivity contribution is -0.143. The molecule has 0 fully saturated rings. The summed E-state index contributed by atoms with van der Waals surface area (Å²) in [5, 5.41) is 17.5. The number of benzene rings is 1. The molecule has 13 N–H and O–H groups in total. The van der Waals surface area contributed by atoms with Gasteiger partial charge in [-0.25, -0.2) is 4.79 Å². The van der Waals surface area contributed by atoms with Crippen LogP contribution in [0.4, 0.5) is 0 Å². The predicted molar refractivity (Wildman–Crippen MR) is 151 cm³/mol. The van der Waals surface area contributed by atoms with Crippen LogP contribution in [0.25, 0.3) is 10.9 Å². The van der Waals surface area contributed by atoms with Gasteiger partial charge in [-0.05, 0) is 24.5 Å². The fourth-order valence-electron chi connectivity index (χ4n) is 3.80. The fraction of sp³-hybridized carbons (Fsp3) is 0.417. The van der Waals surface area contributed by atoms with Gasteiger partial charge >= 0.3 is 5.97 Å². The Morgan fingerprint density at radius 3 is 2.20 bits per heavy atom. The minimum atomic E-state index is -1.61. The first kappa shape index (κ1) is 31.9. The summed E-state index contributed by atoms with van der Waals surface area (Å²) in [5.41, 5.74) is 23.0. The molecular weight excluding hydrogens is 542 g/mol. The van der Waals surface area contributed by atoms with Crippen LogP contribution >= 0.6 is 12.6 Å². The standard InChI is InChI=1S/C24H35N9O6S/c25-14(5-3-7-29-24(27)28)20(35)33-18(11-40)22(37)31-16(21(36)32-17(23(38)39)9-19(26)34)8-12-10-30-15-6-2-1-4-13(12)15/h1-2,4,6,10,14,16-18,30,40H,3,5,7-9,11,25H2,(H2,26,34)(H,31,37)(H,32,36)(H,33,35)(H,38,39)(H4,27,28,29). The molecule has 40 heavy (non-hydrogen) atoms. The third-order valence-corrected chi connectivity index (χ3v) is 6.24. The number of primary amides is 1. The van der Waals surface area contributed by atoms with E-state index in [1.54, 1.807) is 12.3 Å². The topological polar surface area (TPSA) is 274 Å². The summed E-state index contributed by atoms with van der Waals surface area (Å²) in [6.45, 7) is 0.275. The molecule has 4 amide bonds. The number of carbonyl (C=O) groups excluding carboxylic acids is 4. The molecule has 0 bridgehead atoms. The molecule has 0 aliphatic rings. The van der Waals surface area contributed by atoms with Crippen LogP contribution in [0.1, 0.15) is 24.8 Å². The van der Waals surface area contributed by atoms with E-state index in [2.05, 4.69) is 38.6 Å². The number of aliphatic imine (C=N–C) groups is 1. The highest BCUT2D eigenvalue weighted by molar-refractivity contribution is 7.80. The summed E-state index contributed by atoms with van der Waals surface area (Å²) in [6, 6.07) is 2.25. The van der Waals surface area contributed by atoms with Gasteiger partial charge in [-0.15, -0.1) is 0 Å². The average Bonchev–Trinajstić information content (AvgIpc) is 3.30. The summed E-state index contributed by atoms with van der Waals surface area (Å²) in [4.78, 5) is 68.6. The number of hydrogen-bond donors (Lipinski definition) is 10. The van der Waals surface area contributed by atoms with Gasteiger partial charge in [0.05, 0.1) is 12.5 Å². The molecule has 1 aromatic carbocycles. The molecule has 2 rings (SSSR count). The number of amides is 4. The number of para-hydroxylation sites is 1. The number of thiol groups is 1. The van der Waals surface area contributed by atoms with Crippen molar-refractivity contribution in [1.82, 2.24) is 20.9 Å². The number of aromatic nitrogens is 1. The van der Waals surface area contributed by atoms with Crippen molar-refractivity contribution < 1.29 is 29.1 Å². The Morgan fingerprint density at radius 2 is 1.57 bits per heavy atom. The number of nitrogens with one attached hydrogen (secondary N) is 4. The van der Waals surface area contributed by atoms with Crippen molar-refractivity contribution in [2.24, 2.45) is 27.9 Å². The second kappa shape index (κ2) is 15.3. The second-order valence-corrected chi connectivity index (χ2v) is 9.36. The van der Waals surface area contributed by atoms with Crippen LogP contribution in [0.2, 0.25) is 0 Å². The minimum Gasteiger partial charge on any atom is -0.480 e. The number of carboxylic acid groups (broad SMARTS) is 1. The molecule has 0 spiro atoms. The van der Waals surface area contributed by atoms with Crippen LogP contribution in [0.3, 0.4) is 0 Å². The molecule has 4 unspecified atom stereocenters. The normalized spacial score (nSPS) is 13.8. The molecular formula is C24H35N9O6S. The third-order valence-electron chi connectivity index (χ3n) is 5.87. The van der Waals surface area contributed by atoms with Gasteiger partial charge in [0.25, 0.3) is 0 Å². The number of H-pyrrole nitrogens is 1. The first-order chi connectivity index (χ1) is 18.9. The first-order valence-electron chi connectivity index (χ1n) is 12.3. The summed E-state index contributed by atoms with van der Waals surface area (Å²) < 4.78 is 0. The molecule has 2 aromatic rings. The van der Waals surface area contributed by atoms with Crippen LogP contribution in [0.15, 0.2) is 35.5 Å². The molecule has 0 radical (unpaired) electrons. The number of nitrogens with two attached hydrogens (primary N) is 4. The molecule has 4 atom stereocenters. The molecule has 0 saturated heterocycles. The van der Waals surface area contributed by atoms with Crippen molar-refractivity contribution in [1.29, 1.82) is 0 Å². The van der Waals surface area contributed by atoms with Crippen molar-refractivity contribution in [3.63, 3.8) is 0 Å². The summed E-state index contributed by atoms with van der Waals surface area (Å²) in [6.07, 6.45) is 1.64. The van der Waals surface area contributed by atoms with Gasteiger partial charge in [0.15, 0.2) is 5.96 Å². The van der Waals surface area contributed by atoms with Crippen LogP contribution in [-0.2, 0) is 30.4 Å². The van der Waals surface area contributed by atoms with Crippen molar-refractivity contribution in [3.05, 3.63) is 36.0 Å².